The van der Waals surface area contributed by atoms with E-state index >= 15 is 0 Å². The molecule has 0 radical (unpaired) electrons. The lowest BCUT2D eigenvalue weighted by Crippen LogP contribution is -2.41. The standard InChI is InChI=1S/C19H25N3O/c1-19(2,3)16-9-15(11-21-13-16)12-22-18(23)17(20)10-14-7-5-4-6-8-14/h4-9,11,13,17H,10,12,20H2,1-3H3,(H,22,23)/t17-/m1/s1. The van der Waals surface area contributed by atoms with Crippen LogP contribution < -0.4 is 11.1 Å². The molecule has 4 heteroatoms. The maximum atomic E-state index is 12.1. The van der Waals surface area contributed by atoms with Crippen LogP contribution in [-0.2, 0) is 23.2 Å². The Morgan fingerprint density at radius 1 is 1.17 bits per heavy atom. The van der Waals surface area contributed by atoms with Crippen LogP contribution in [0.2, 0.25) is 0 Å². The molecule has 0 spiro atoms. The van der Waals surface area contributed by atoms with E-state index in [4.69, 9.17) is 5.73 Å². The largest absolute Gasteiger partial charge is 0.351 e. The number of carbonyl (C=O) groups excluding carboxylic acids is 1. The summed E-state index contributed by atoms with van der Waals surface area (Å²) in [5.41, 5.74) is 9.22. The third kappa shape index (κ3) is 5.18. The van der Waals surface area contributed by atoms with Crippen molar-refractivity contribution in [2.75, 3.05) is 0 Å². The van der Waals surface area contributed by atoms with E-state index in [2.05, 4.69) is 37.1 Å². The summed E-state index contributed by atoms with van der Waals surface area (Å²) < 4.78 is 0. The van der Waals surface area contributed by atoms with Crippen LogP contribution in [0.1, 0.15) is 37.5 Å². The summed E-state index contributed by atoms with van der Waals surface area (Å²) in [6, 6.07) is 11.3. The van der Waals surface area contributed by atoms with Gasteiger partial charge in [-0.15, -0.1) is 0 Å². The van der Waals surface area contributed by atoms with E-state index in [9.17, 15) is 4.79 Å². The fourth-order valence-corrected chi connectivity index (χ4v) is 2.28. The summed E-state index contributed by atoms with van der Waals surface area (Å²) in [6.07, 6.45) is 4.18. The SMILES string of the molecule is CC(C)(C)c1cncc(CNC(=O)[C@H](N)Cc2ccccc2)c1. The fraction of sp³-hybridized carbons (Fsp3) is 0.368. The Morgan fingerprint density at radius 3 is 2.52 bits per heavy atom. The molecule has 0 aliphatic heterocycles. The molecule has 1 atom stereocenters. The maximum Gasteiger partial charge on any atom is 0.237 e. The number of nitrogens with one attached hydrogen (secondary N) is 1. The third-order valence-electron chi connectivity index (χ3n) is 3.76. The van der Waals surface area contributed by atoms with Crippen LogP contribution in [0.25, 0.3) is 0 Å². The summed E-state index contributed by atoms with van der Waals surface area (Å²) in [5, 5.41) is 2.89. The molecule has 0 aliphatic rings. The molecule has 122 valence electrons. The average Bonchev–Trinajstić information content (AvgIpc) is 2.53. The second-order valence-electron chi connectivity index (χ2n) is 6.85. The minimum atomic E-state index is -0.545. The van der Waals surface area contributed by atoms with Gasteiger partial charge in [0.2, 0.25) is 5.91 Å². The number of pyridine rings is 1. The van der Waals surface area contributed by atoms with E-state index in [1.807, 2.05) is 36.5 Å². The predicted octanol–water partition coefficient (Wildman–Crippen LogP) is 2.57. The Bertz CT molecular complexity index is 647. The molecule has 0 saturated carbocycles. The number of aromatic nitrogens is 1. The summed E-state index contributed by atoms with van der Waals surface area (Å²) in [4.78, 5) is 16.4. The molecule has 0 fully saturated rings. The normalized spacial score (nSPS) is 12.7. The summed E-state index contributed by atoms with van der Waals surface area (Å²) in [5.74, 6) is -0.144. The zero-order valence-electron chi connectivity index (χ0n) is 14.0. The highest BCUT2D eigenvalue weighted by Crippen LogP contribution is 2.21. The Hall–Kier alpha value is -2.20. The van der Waals surface area contributed by atoms with E-state index in [-0.39, 0.29) is 11.3 Å². The van der Waals surface area contributed by atoms with Crippen LogP contribution in [0.3, 0.4) is 0 Å². The first-order valence-electron chi connectivity index (χ1n) is 7.88. The molecule has 4 nitrogen and oxygen atoms in total. The number of rotatable bonds is 5. The summed E-state index contributed by atoms with van der Waals surface area (Å²) >= 11 is 0. The van der Waals surface area contributed by atoms with Crippen molar-refractivity contribution in [3.8, 4) is 0 Å². The molecule has 1 amide bonds. The molecule has 23 heavy (non-hydrogen) atoms. The van der Waals surface area contributed by atoms with E-state index in [1.54, 1.807) is 6.20 Å². The first-order chi connectivity index (χ1) is 10.9. The molecule has 2 aromatic rings. The third-order valence-corrected chi connectivity index (χ3v) is 3.76. The van der Waals surface area contributed by atoms with Gasteiger partial charge < -0.3 is 11.1 Å². The van der Waals surface area contributed by atoms with Crippen LogP contribution in [0.5, 0.6) is 0 Å². The Balaban J connectivity index is 1.91. The van der Waals surface area contributed by atoms with Crippen molar-refractivity contribution >= 4 is 5.91 Å². The van der Waals surface area contributed by atoms with E-state index in [0.29, 0.717) is 13.0 Å². The lowest BCUT2D eigenvalue weighted by atomic mass is 9.88. The molecule has 1 aromatic heterocycles. The molecule has 0 bridgehead atoms. The lowest BCUT2D eigenvalue weighted by molar-refractivity contribution is -0.122. The van der Waals surface area contributed by atoms with Gasteiger partial charge >= 0.3 is 0 Å². The first-order valence-corrected chi connectivity index (χ1v) is 7.88. The van der Waals surface area contributed by atoms with E-state index < -0.39 is 6.04 Å². The van der Waals surface area contributed by atoms with Crippen molar-refractivity contribution < 1.29 is 4.79 Å². The molecule has 0 saturated heterocycles. The number of nitrogens with zero attached hydrogens (tertiary/aromatic N) is 1. The number of hydrogen-bond acceptors (Lipinski definition) is 3. The summed E-state index contributed by atoms with van der Waals surface area (Å²) in [6.45, 7) is 6.87. The number of nitrogens with two attached hydrogens (primary N) is 1. The van der Waals surface area contributed by atoms with Gasteiger partial charge in [-0.3, -0.25) is 9.78 Å². The zero-order valence-corrected chi connectivity index (χ0v) is 14.0. The van der Waals surface area contributed by atoms with Crippen LogP contribution in [-0.4, -0.2) is 16.9 Å². The van der Waals surface area contributed by atoms with E-state index in [1.165, 1.54) is 0 Å². The second kappa shape index (κ2) is 7.38. The van der Waals surface area contributed by atoms with Gasteiger partial charge in [0, 0.05) is 18.9 Å². The van der Waals surface area contributed by atoms with Crippen molar-refractivity contribution in [2.45, 2.75) is 45.2 Å². The zero-order chi connectivity index (χ0) is 16.9. The van der Waals surface area contributed by atoms with Gasteiger partial charge in [-0.05, 0) is 28.5 Å². The van der Waals surface area contributed by atoms with Gasteiger partial charge in [0.05, 0.1) is 6.04 Å². The summed E-state index contributed by atoms with van der Waals surface area (Å²) in [7, 11) is 0. The number of carbonyl (C=O) groups is 1. The maximum absolute atomic E-state index is 12.1. The number of benzene rings is 1. The minimum absolute atomic E-state index is 0.0384. The highest BCUT2D eigenvalue weighted by atomic mass is 16.2. The van der Waals surface area contributed by atoms with Crippen LogP contribution in [0.15, 0.2) is 48.8 Å². The topological polar surface area (TPSA) is 68.0 Å². The van der Waals surface area contributed by atoms with Crippen LogP contribution in [0, 0.1) is 0 Å². The molecular weight excluding hydrogens is 286 g/mol. The fourth-order valence-electron chi connectivity index (χ4n) is 2.28. The predicted molar refractivity (Wildman–Crippen MR) is 92.9 cm³/mol. The van der Waals surface area contributed by atoms with Crippen molar-refractivity contribution in [1.82, 2.24) is 10.3 Å². The number of amides is 1. The first kappa shape index (κ1) is 17.2. The van der Waals surface area contributed by atoms with Crippen molar-refractivity contribution in [3.05, 3.63) is 65.5 Å². The highest BCUT2D eigenvalue weighted by molar-refractivity contribution is 5.81. The second-order valence-corrected chi connectivity index (χ2v) is 6.85. The van der Waals surface area contributed by atoms with Gasteiger partial charge in [0.1, 0.15) is 0 Å². The highest BCUT2D eigenvalue weighted by Gasteiger charge is 2.16. The van der Waals surface area contributed by atoms with Crippen LogP contribution >= 0.6 is 0 Å². The molecule has 0 aliphatic carbocycles. The quantitative estimate of drug-likeness (QED) is 0.892. The average molecular weight is 311 g/mol. The van der Waals surface area contributed by atoms with Crippen molar-refractivity contribution in [2.24, 2.45) is 5.73 Å². The van der Waals surface area contributed by atoms with Gasteiger partial charge in [-0.25, -0.2) is 0 Å². The molecule has 2 rings (SSSR count). The van der Waals surface area contributed by atoms with Crippen LogP contribution in [0.4, 0.5) is 0 Å². The van der Waals surface area contributed by atoms with Crippen molar-refractivity contribution in [3.63, 3.8) is 0 Å². The minimum Gasteiger partial charge on any atom is -0.351 e. The molecule has 0 unspecified atom stereocenters. The van der Waals surface area contributed by atoms with Gasteiger partial charge in [0.15, 0.2) is 0 Å². The molecule has 3 N–H and O–H groups in total. The smallest absolute Gasteiger partial charge is 0.237 e. The Labute approximate surface area is 138 Å². The lowest BCUT2D eigenvalue weighted by Gasteiger charge is -2.19. The monoisotopic (exact) mass is 311 g/mol. The van der Waals surface area contributed by atoms with Gasteiger partial charge in [-0.1, -0.05) is 57.2 Å². The number of hydrogen-bond donors (Lipinski definition) is 2. The van der Waals surface area contributed by atoms with Gasteiger partial charge in [0.25, 0.3) is 0 Å². The molecule has 1 aromatic carbocycles. The Kier molecular flexibility index (Phi) is 5.50. The van der Waals surface area contributed by atoms with Crippen molar-refractivity contribution in [1.29, 1.82) is 0 Å². The van der Waals surface area contributed by atoms with E-state index in [0.717, 1.165) is 16.7 Å². The molecule has 1 heterocycles. The Morgan fingerprint density at radius 2 is 1.87 bits per heavy atom. The van der Waals surface area contributed by atoms with Gasteiger partial charge in [-0.2, -0.15) is 0 Å². The molecular formula is C19H25N3O.